The normalized spacial score (nSPS) is 24.0. The van der Waals surface area contributed by atoms with Crippen LogP contribution in [0, 0.1) is 0 Å². The molecule has 0 fully saturated rings. The number of allylic oxidation sites excluding steroid dienone is 2. The van der Waals surface area contributed by atoms with Crippen molar-refractivity contribution in [2.45, 2.75) is 61.7 Å². The molecule has 0 heteroatoms. The van der Waals surface area contributed by atoms with E-state index >= 15 is 0 Å². The Bertz CT molecular complexity index is 2250. The summed E-state index contributed by atoms with van der Waals surface area (Å²) in [5.74, 6) is 0.654. The third-order valence-corrected chi connectivity index (χ3v) is 12.8. The first kappa shape index (κ1) is 27.1. The van der Waals surface area contributed by atoms with Gasteiger partial charge in [-0.05, 0) is 122 Å². The van der Waals surface area contributed by atoms with Gasteiger partial charge in [0.25, 0.3) is 0 Å². The van der Waals surface area contributed by atoms with Gasteiger partial charge in [0.1, 0.15) is 0 Å². The van der Waals surface area contributed by atoms with Gasteiger partial charge in [-0.1, -0.05) is 140 Å². The molecule has 0 radical (unpaired) electrons. The van der Waals surface area contributed by atoms with Crippen LogP contribution >= 0.6 is 0 Å². The maximum Gasteiger partial charge on any atom is 0.0398 e. The van der Waals surface area contributed by atoms with Crippen LogP contribution in [0.2, 0.25) is 0 Å². The quantitative estimate of drug-likeness (QED) is 0.160. The van der Waals surface area contributed by atoms with Gasteiger partial charge < -0.3 is 0 Å². The van der Waals surface area contributed by atoms with Crippen molar-refractivity contribution < 1.29 is 0 Å². The van der Waals surface area contributed by atoms with E-state index in [0.29, 0.717) is 0 Å². The van der Waals surface area contributed by atoms with Crippen LogP contribution in [0.3, 0.4) is 0 Å². The molecule has 230 valence electrons. The summed E-state index contributed by atoms with van der Waals surface area (Å²) >= 11 is 0. The summed E-state index contributed by atoms with van der Waals surface area (Å²) in [6.07, 6.45) is 6.42. The van der Waals surface area contributed by atoms with E-state index in [2.05, 4.69) is 140 Å². The minimum absolute atomic E-state index is 0.192. The van der Waals surface area contributed by atoms with Crippen molar-refractivity contribution in [2.24, 2.45) is 0 Å². The summed E-state index contributed by atoms with van der Waals surface area (Å²) < 4.78 is 0. The summed E-state index contributed by atoms with van der Waals surface area (Å²) in [6, 6.07) is 56.7. The summed E-state index contributed by atoms with van der Waals surface area (Å²) in [5, 5.41) is 0. The van der Waals surface area contributed by atoms with E-state index in [-0.39, 0.29) is 23.2 Å². The first-order chi connectivity index (χ1) is 23.7. The molecule has 20 rings (SSSR count). The van der Waals surface area contributed by atoms with E-state index < -0.39 is 0 Å². The Morgan fingerprint density at radius 3 is 1.44 bits per heavy atom. The molecule has 0 N–H and O–H groups in total. The van der Waals surface area contributed by atoms with Crippen molar-refractivity contribution in [3.05, 3.63) is 212 Å². The Morgan fingerprint density at radius 1 is 0.396 bits per heavy atom. The average Bonchev–Trinajstić information content (AvgIpc) is 3.59. The molecule has 1 unspecified atom stereocenters. The zero-order valence-corrected chi connectivity index (χ0v) is 27.3. The number of hydrogen-bond donors (Lipinski definition) is 0. The Balaban J connectivity index is 1.36. The average molecular weight is 615 g/mol. The molecule has 14 bridgehead atoms. The molecule has 0 heterocycles. The van der Waals surface area contributed by atoms with Gasteiger partial charge in [0, 0.05) is 23.2 Å². The van der Waals surface area contributed by atoms with Crippen LogP contribution in [0.4, 0.5) is 0 Å². The minimum atomic E-state index is -0.294. The molecule has 6 aromatic carbocycles. The lowest BCUT2D eigenvalue weighted by molar-refractivity contribution is 0.436. The summed E-state index contributed by atoms with van der Waals surface area (Å²) in [5.41, 5.74) is 21.5. The van der Waals surface area contributed by atoms with Crippen LogP contribution in [0.25, 0.3) is 11.1 Å². The van der Waals surface area contributed by atoms with Crippen LogP contribution < -0.4 is 0 Å². The smallest absolute Gasteiger partial charge is 0.0398 e. The predicted octanol–water partition coefficient (Wildman–Crippen LogP) is 10.6. The van der Waals surface area contributed by atoms with Gasteiger partial charge in [0.05, 0.1) is 0 Å². The van der Waals surface area contributed by atoms with Gasteiger partial charge in [0.2, 0.25) is 0 Å². The molecule has 14 aliphatic carbocycles. The summed E-state index contributed by atoms with van der Waals surface area (Å²) in [6.45, 7) is 0. The molecule has 6 aromatic rings. The first-order valence-corrected chi connectivity index (χ1v) is 18.1. The fourth-order valence-electron chi connectivity index (χ4n) is 10.6. The highest BCUT2D eigenvalue weighted by Crippen LogP contribution is 2.75. The van der Waals surface area contributed by atoms with E-state index in [4.69, 9.17) is 0 Å². The van der Waals surface area contributed by atoms with Gasteiger partial charge >= 0.3 is 0 Å². The fourth-order valence-corrected chi connectivity index (χ4v) is 10.6. The summed E-state index contributed by atoms with van der Waals surface area (Å²) in [4.78, 5) is 0. The maximum atomic E-state index is 2.62. The molecule has 48 heavy (non-hydrogen) atoms. The number of rotatable bonds is 0. The lowest BCUT2D eigenvalue weighted by atomic mass is 9.59. The Labute approximate surface area is 283 Å². The molecule has 0 aliphatic heterocycles. The molecule has 0 saturated heterocycles. The minimum Gasteiger partial charge on any atom is -0.0587 e. The molecular weight excluding hydrogens is 577 g/mol. The van der Waals surface area contributed by atoms with Crippen molar-refractivity contribution in [2.75, 3.05) is 0 Å². The third kappa shape index (κ3) is 3.72. The highest BCUT2D eigenvalue weighted by Gasteiger charge is 2.64. The molecule has 0 aromatic heterocycles. The molecule has 4 atom stereocenters. The molecule has 14 aliphatic rings. The van der Waals surface area contributed by atoms with Gasteiger partial charge in [0.15, 0.2) is 0 Å². The van der Waals surface area contributed by atoms with Crippen LogP contribution in [-0.4, -0.2) is 0 Å². The second-order valence-corrected chi connectivity index (χ2v) is 15.1. The standard InChI is InChI=1S/C48H38/c1-2-32-13-24-39(25-14-32)46-43(36-18-7-30(1)8-19-36)44-37-20-9-33(10-21-37)5-6-35-17-28-41-42(29-35)45-38-22-11-31(12-23-38)3-4-34-15-26-40(27-16-34)48(45,46)47(41)44/h7-29,44-45,47H,1-6H2/t44-,45+,47-,48?/m0/s1. The van der Waals surface area contributed by atoms with E-state index in [1.165, 1.54) is 83.5 Å². The first-order valence-electron chi connectivity index (χ1n) is 18.1. The highest BCUT2D eigenvalue weighted by molar-refractivity contribution is 6.04. The van der Waals surface area contributed by atoms with E-state index in [9.17, 15) is 0 Å². The van der Waals surface area contributed by atoms with Gasteiger partial charge in [-0.2, -0.15) is 0 Å². The monoisotopic (exact) mass is 614 g/mol. The lowest BCUT2D eigenvalue weighted by Crippen LogP contribution is -2.35. The van der Waals surface area contributed by atoms with E-state index in [1.54, 1.807) is 0 Å². The molecular formula is C48H38. The SMILES string of the molecule is c1cc2ccc1CCc1ccc(cc1)C1=C2[C@@H]2c3ccc(cc3)CCc3ccc4c(c3)[C@H]3c5ccc(cc5)CCc5ccc(cc5)C13[C@@H]42. The van der Waals surface area contributed by atoms with Gasteiger partial charge in [-0.15, -0.1) is 0 Å². The molecule has 0 saturated carbocycles. The van der Waals surface area contributed by atoms with Crippen LogP contribution in [0.5, 0.6) is 0 Å². The largest absolute Gasteiger partial charge is 0.0587 e. The van der Waals surface area contributed by atoms with Crippen LogP contribution in [0.1, 0.15) is 90.1 Å². The third-order valence-electron chi connectivity index (χ3n) is 12.8. The lowest BCUT2D eigenvalue weighted by Gasteiger charge is -2.42. The Kier molecular flexibility index (Phi) is 5.66. The van der Waals surface area contributed by atoms with Crippen LogP contribution in [0.15, 0.2) is 140 Å². The number of aryl methyl sites for hydroxylation is 6. The van der Waals surface area contributed by atoms with Crippen molar-refractivity contribution in [1.29, 1.82) is 0 Å². The van der Waals surface area contributed by atoms with Gasteiger partial charge in [-0.3, -0.25) is 0 Å². The summed E-state index contributed by atoms with van der Waals surface area (Å²) in [7, 11) is 0. The molecule has 0 nitrogen and oxygen atoms in total. The Morgan fingerprint density at radius 2 is 0.854 bits per heavy atom. The number of hydrogen-bond acceptors (Lipinski definition) is 0. The van der Waals surface area contributed by atoms with Crippen LogP contribution in [-0.2, 0) is 43.9 Å². The van der Waals surface area contributed by atoms with E-state index in [0.717, 1.165) is 38.5 Å². The second kappa shape index (κ2) is 10.0. The highest BCUT2D eigenvalue weighted by atomic mass is 14.7. The number of benzene rings is 6. The topological polar surface area (TPSA) is 0 Å². The second-order valence-electron chi connectivity index (χ2n) is 15.1. The zero-order valence-electron chi connectivity index (χ0n) is 27.3. The van der Waals surface area contributed by atoms with Crippen molar-refractivity contribution in [3.63, 3.8) is 0 Å². The van der Waals surface area contributed by atoms with Gasteiger partial charge in [-0.25, -0.2) is 0 Å². The van der Waals surface area contributed by atoms with Crippen molar-refractivity contribution in [3.8, 4) is 0 Å². The zero-order chi connectivity index (χ0) is 31.4. The predicted molar refractivity (Wildman–Crippen MR) is 197 cm³/mol. The molecule has 0 amide bonds. The fraction of sp³-hybridized carbons (Fsp3) is 0.208. The molecule has 1 spiro atoms. The van der Waals surface area contributed by atoms with Crippen molar-refractivity contribution >= 4 is 11.1 Å². The van der Waals surface area contributed by atoms with Crippen molar-refractivity contribution in [1.82, 2.24) is 0 Å². The Hall–Kier alpha value is -4.94. The van der Waals surface area contributed by atoms with E-state index in [1.807, 2.05) is 0 Å². The maximum absolute atomic E-state index is 2.62.